The maximum atomic E-state index is 13.5. The fraction of sp³-hybridized carbons (Fsp3) is 0.130. The first-order valence-corrected chi connectivity index (χ1v) is 10.1. The van der Waals surface area contributed by atoms with E-state index in [1.54, 1.807) is 29.2 Å². The molecular weight excluding hydrogens is 398 g/mol. The molecule has 0 N–H and O–H groups in total. The highest BCUT2D eigenvalue weighted by Gasteiger charge is 2.28. The van der Waals surface area contributed by atoms with E-state index < -0.39 is 0 Å². The second-order valence-corrected chi connectivity index (χ2v) is 7.60. The van der Waals surface area contributed by atoms with Crippen molar-refractivity contribution in [3.8, 4) is 16.9 Å². The summed E-state index contributed by atoms with van der Waals surface area (Å²) < 4.78 is 1.67. The zero-order valence-electron chi connectivity index (χ0n) is 16.1. The normalized spacial score (nSPS) is 13.2. The van der Waals surface area contributed by atoms with Crippen molar-refractivity contribution in [1.82, 2.24) is 24.9 Å². The van der Waals surface area contributed by atoms with Crippen LogP contribution in [0.5, 0.6) is 0 Å². The van der Waals surface area contributed by atoms with Gasteiger partial charge >= 0.3 is 0 Å². The Hall–Kier alpha value is -3.51. The average Bonchev–Trinajstić information content (AvgIpc) is 3.24. The van der Waals surface area contributed by atoms with E-state index in [4.69, 9.17) is 11.6 Å². The molecule has 0 spiro atoms. The summed E-state index contributed by atoms with van der Waals surface area (Å²) in [6.07, 6.45) is 4.24. The van der Waals surface area contributed by atoms with Gasteiger partial charge in [-0.15, -0.1) is 5.10 Å². The molecule has 0 radical (unpaired) electrons. The molecule has 7 heteroatoms. The molecule has 0 atom stereocenters. The number of rotatable bonds is 3. The molecule has 2 aromatic carbocycles. The molecule has 0 saturated heterocycles. The molecule has 4 aromatic rings. The Kier molecular flexibility index (Phi) is 4.77. The zero-order valence-corrected chi connectivity index (χ0v) is 16.8. The quantitative estimate of drug-likeness (QED) is 0.503. The smallest absolute Gasteiger partial charge is 0.277 e. The molecule has 0 unspecified atom stereocenters. The second-order valence-electron chi connectivity index (χ2n) is 7.16. The maximum absolute atomic E-state index is 13.5. The molecular formula is C23H18ClN5O. The first-order chi connectivity index (χ1) is 14.7. The largest absolute Gasteiger partial charge is 0.333 e. The van der Waals surface area contributed by atoms with Gasteiger partial charge < -0.3 is 4.90 Å². The Balaban J connectivity index is 1.57. The van der Waals surface area contributed by atoms with E-state index in [0.29, 0.717) is 29.5 Å². The van der Waals surface area contributed by atoms with Crippen LogP contribution >= 0.6 is 11.6 Å². The summed E-state index contributed by atoms with van der Waals surface area (Å²) in [7, 11) is 0. The number of aromatic nitrogens is 4. The van der Waals surface area contributed by atoms with Crippen molar-refractivity contribution in [3.05, 3.63) is 94.9 Å². The third-order valence-corrected chi connectivity index (χ3v) is 5.55. The minimum absolute atomic E-state index is 0.136. The lowest BCUT2D eigenvalue weighted by molar-refractivity contribution is 0.0729. The van der Waals surface area contributed by atoms with E-state index in [9.17, 15) is 4.79 Å². The van der Waals surface area contributed by atoms with Gasteiger partial charge in [0.05, 0.1) is 5.69 Å². The van der Waals surface area contributed by atoms with E-state index in [1.807, 2.05) is 41.3 Å². The number of fused-ring (bicyclic) bond motifs is 1. The van der Waals surface area contributed by atoms with Crippen LogP contribution in [0.3, 0.4) is 0 Å². The molecule has 1 aliphatic rings. The molecule has 6 nitrogen and oxygen atoms in total. The van der Waals surface area contributed by atoms with Gasteiger partial charge in [-0.3, -0.25) is 9.78 Å². The van der Waals surface area contributed by atoms with Gasteiger partial charge in [-0.1, -0.05) is 41.1 Å². The van der Waals surface area contributed by atoms with Gasteiger partial charge in [0, 0.05) is 36.1 Å². The van der Waals surface area contributed by atoms with Crippen molar-refractivity contribution < 1.29 is 4.79 Å². The monoisotopic (exact) mass is 415 g/mol. The fourth-order valence-electron chi connectivity index (χ4n) is 3.77. The number of amides is 1. The summed E-state index contributed by atoms with van der Waals surface area (Å²) in [5.41, 5.74) is 4.95. The average molecular weight is 416 g/mol. The molecule has 0 saturated carbocycles. The Bertz CT molecular complexity index is 1200. The first kappa shape index (κ1) is 18.5. The molecule has 30 heavy (non-hydrogen) atoms. The molecule has 1 aliphatic heterocycles. The summed E-state index contributed by atoms with van der Waals surface area (Å²) in [6.45, 7) is 1.21. The van der Waals surface area contributed by atoms with Gasteiger partial charge in [0.15, 0.2) is 5.69 Å². The van der Waals surface area contributed by atoms with Crippen LogP contribution in [0, 0.1) is 0 Å². The van der Waals surface area contributed by atoms with E-state index in [0.717, 1.165) is 17.7 Å². The lowest BCUT2D eigenvalue weighted by Gasteiger charge is -2.28. The van der Waals surface area contributed by atoms with Gasteiger partial charge in [-0.25, -0.2) is 4.68 Å². The van der Waals surface area contributed by atoms with Gasteiger partial charge in [0.2, 0.25) is 0 Å². The zero-order chi connectivity index (χ0) is 20.5. The number of hydrogen-bond acceptors (Lipinski definition) is 4. The Morgan fingerprint density at radius 2 is 1.77 bits per heavy atom. The Morgan fingerprint density at radius 3 is 2.53 bits per heavy atom. The molecule has 3 heterocycles. The number of pyridine rings is 1. The summed E-state index contributed by atoms with van der Waals surface area (Å²) >= 11 is 6.04. The van der Waals surface area contributed by atoms with Crippen molar-refractivity contribution in [2.24, 2.45) is 0 Å². The van der Waals surface area contributed by atoms with Crippen molar-refractivity contribution in [2.45, 2.75) is 13.0 Å². The summed E-state index contributed by atoms with van der Waals surface area (Å²) in [6, 6.07) is 19.2. The van der Waals surface area contributed by atoms with Gasteiger partial charge in [-0.05, 0) is 53.9 Å². The number of carbonyl (C=O) groups is 1. The van der Waals surface area contributed by atoms with Crippen LogP contribution < -0.4 is 0 Å². The van der Waals surface area contributed by atoms with Gasteiger partial charge in [-0.2, -0.15) is 0 Å². The molecule has 2 aromatic heterocycles. The number of nitrogens with zero attached hydrogens (tertiary/aromatic N) is 5. The van der Waals surface area contributed by atoms with Crippen LogP contribution in [0.2, 0.25) is 5.02 Å². The predicted molar refractivity (Wildman–Crippen MR) is 114 cm³/mol. The lowest BCUT2D eigenvalue weighted by Crippen LogP contribution is -2.36. The van der Waals surface area contributed by atoms with Crippen LogP contribution in [0.25, 0.3) is 16.9 Å². The highest BCUT2D eigenvalue weighted by Crippen LogP contribution is 2.28. The highest BCUT2D eigenvalue weighted by molar-refractivity contribution is 6.30. The summed E-state index contributed by atoms with van der Waals surface area (Å²) in [5, 5.41) is 9.21. The second kappa shape index (κ2) is 7.72. The van der Waals surface area contributed by atoms with Crippen LogP contribution in [-0.2, 0) is 13.0 Å². The standard InChI is InChI=1S/C23H18ClN5O/c24-19-7-9-20(10-8-19)29-22(17-6-3-12-25-14-17)21(26-27-29)23(30)28-13-11-16-4-1-2-5-18(16)15-28/h1-10,12,14H,11,13,15H2. The summed E-state index contributed by atoms with van der Waals surface area (Å²) in [4.78, 5) is 19.5. The lowest BCUT2D eigenvalue weighted by atomic mass is 9.99. The summed E-state index contributed by atoms with van der Waals surface area (Å²) in [5.74, 6) is -0.136. The van der Waals surface area contributed by atoms with Crippen molar-refractivity contribution in [2.75, 3.05) is 6.54 Å². The predicted octanol–water partition coefficient (Wildman–Crippen LogP) is 4.18. The van der Waals surface area contributed by atoms with E-state index in [-0.39, 0.29) is 5.91 Å². The number of hydrogen-bond donors (Lipinski definition) is 0. The first-order valence-electron chi connectivity index (χ1n) is 9.69. The van der Waals surface area contributed by atoms with Crippen molar-refractivity contribution >= 4 is 17.5 Å². The van der Waals surface area contributed by atoms with Gasteiger partial charge in [0.25, 0.3) is 5.91 Å². The highest BCUT2D eigenvalue weighted by atomic mass is 35.5. The molecule has 1 amide bonds. The van der Waals surface area contributed by atoms with Crippen LogP contribution in [0.15, 0.2) is 73.1 Å². The fourth-order valence-corrected chi connectivity index (χ4v) is 3.90. The van der Waals surface area contributed by atoms with Crippen molar-refractivity contribution in [3.63, 3.8) is 0 Å². The van der Waals surface area contributed by atoms with E-state index in [1.165, 1.54) is 11.1 Å². The SMILES string of the molecule is O=C(c1nnn(-c2ccc(Cl)cc2)c1-c1cccnc1)N1CCc2ccccc2C1. The Morgan fingerprint density at radius 1 is 0.967 bits per heavy atom. The van der Waals surface area contributed by atoms with Crippen LogP contribution in [-0.4, -0.2) is 37.3 Å². The molecule has 5 rings (SSSR count). The van der Waals surface area contributed by atoms with Crippen LogP contribution in [0.1, 0.15) is 21.6 Å². The van der Waals surface area contributed by atoms with Crippen molar-refractivity contribution in [1.29, 1.82) is 0 Å². The van der Waals surface area contributed by atoms with Gasteiger partial charge in [0.1, 0.15) is 5.69 Å². The topological polar surface area (TPSA) is 63.9 Å². The Labute approximate surface area is 178 Å². The molecule has 0 bridgehead atoms. The minimum Gasteiger partial charge on any atom is -0.333 e. The third kappa shape index (κ3) is 3.35. The minimum atomic E-state index is -0.136. The number of benzene rings is 2. The van der Waals surface area contributed by atoms with E-state index in [2.05, 4.69) is 27.4 Å². The number of halogens is 1. The maximum Gasteiger partial charge on any atom is 0.277 e. The van der Waals surface area contributed by atoms with Crippen LogP contribution in [0.4, 0.5) is 0 Å². The third-order valence-electron chi connectivity index (χ3n) is 5.30. The van der Waals surface area contributed by atoms with E-state index >= 15 is 0 Å². The molecule has 148 valence electrons. The molecule has 0 aliphatic carbocycles. The number of carbonyl (C=O) groups excluding carboxylic acids is 1. The molecule has 0 fully saturated rings.